The van der Waals surface area contributed by atoms with Crippen LogP contribution in [-0.2, 0) is 18.1 Å². The predicted octanol–water partition coefficient (Wildman–Crippen LogP) is 1.99. The van der Waals surface area contributed by atoms with E-state index in [9.17, 15) is 4.79 Å². The molecule has 0 radical (unpaired) electrons. The molecule has 1 rings (SSSR count). The van der Waals surface area contributed by atoms with Crippen LogP contribution in [0, 0.1) is 0 Å². The second-order valence-electron chi connectivity index (χ2n) is 4.20. The molecule has 0 aliphatic carbocycles. The molecule has 5 nitrogen and oxygen atoms in total. The van der Waals surface area contributed by atoms with Crippen molar-refractivity contribution in [3.05, 3.63) is 0 Å². The fourth-order valence-electron chi connectivity index (χ4n) is 1.87. The van der Waals surface area contributed by atoms with Crippen LogP contribution in [-0.4, -0.2) is 49.7 Å². The van der Waals surface area contributed by atoms with Gasteiger partial charge in [-0.15, -0.1) is 11.8 Å². The van der Waals surface area contributed by atoms with Crippen LogP contribution in [0.15, 0.2) is 0 Å². The number of carboxylic acid groups (broad SMARTS) is 1. The van der Waals surface area contributed by atoms with E-state index in [2.05, 4.69) is 0 Å². The monoisotopic (exact) mass is 294 g/mol. The van der Waals surface area contributed by atoms with Gasteiger partial charge in [-0.1, -0.05) is 0 Å². The van der Waals surface area contributed by atoms with Gasteiger partial charge in [0.1, 0.15) is 4.75 Å². The smallest absolute Gasteiger partial charge is 0.480 e. The Kier molecular flexibility index (Phi) is 5.66. The Balaban J connectivity index is 2.70. The molecule has 2 atom stereocenters. The molecule has 0 aromatic heterocycles. The quantitative estimate of drug-likeness (QED) is 0.518. The Labute approximate surface area is 114 Å². The third kappa shape index (κ3) is 3.48. The minimum absolute atomic E-state index is 0.0197. The SMILES string of the molecule is CCO[Si](CC1SC1(C)C(=O)O)(OCC)OCC. The van der Waals surface area contributed by atoms with E-state index in [1.54, 1.807) is 6.92 Å². The van der Waals surface area contributed by atoms with Crippen molar-refractivity contribution in [2.24, 2.45) is 0 Å². The molecule has 0 aromatic carbocycles. The number of carbonyl (C=O) groups is 1. The van der Waals surface area contributed by atoms with E-state index in [1.807, 2.05) is 20.8 Å². The topological polar surface area (TPSA) is 65.0 Å². The van der Waals surface area contributed by atoms with Crippen molar-refractivity contribution in [3.8, 4) is 0 Å². The summed E-state index contributed by atoms with van der Waals surface area (Å²) >= 11 is 1.45. The summed E-state index contributed by atoms with van der Waals surface area (Å²) in [7, 11) is -2.71. The summed E-state index contributed by atoms with van der Waals surface area (Å²) in [4.78, 5) is 11.1. The Hall–Kier alpha value is -0.0831. The molecule has 7 heteroatoms. The van der Waals surface area contributed by atoms with Crippen molar-refractivity contribution in [2.75, 3.05) is 19.8 Å². The fourth-order valence-corrected chi connectivity index (χ4v) is 6.56. The molecule has 18 heavy (non-hydrogen) atoms. The Morgan fingerprint density at radius 3 is 1.94 bits per heavy atom. The fraction of sp³-hybridized carbons (Fsp3) is 0.909. The minimum atomic E-state index is -2.71. The first kappa shape index (κ1) is 16.0. The van der Waals surface area contributed by atoms with Gasteiger partial charge in [0.25, 0.3) is 0 Å². The zero-order valence-corrected chi connectivity index (χ0v) is 13.2. The average molecular weight is 294 g/mol. The summed E-state index contributed by atoms with van der Waals surface area (Å²) in [5.41, 5.74) is 0. The molecule has 1 saturated heterocycles. The van der Waals surface area contributed by atoms with Gasteiger partial charge in [0.2, 0.25) is 0 Å². The van der Waals surface area contributed by atoms with Gasteiger partial charge in [0, 0.05) is 31.1 Å². The molecule has 106 valence electrons. The second-order valence-corrected chi connectivity index (χ2v) is 8.50. The molecular weight excluding hydrogens is 272 g/mol. The zero-order chi connectivity index (χ0) is 13.8. The van der Waals surface area contributed by atoms with Crippen molar-refractivity contribution < 1.29 is 23.2 Å². The van der Waals surface area contributed by atoms with Gasteiger partial charge in [-0.3, -0.25) is 4.79 Å². The number of rotatable bonds is 9. The van der Waals surface area contributed by atoms with Crippen LogP contribution in [0.4, 0.5) is 0 Å². The van der Waals surface area contributed by atoms with Crippen LogP contribution < -0.4 is 0 Å². The molecule has 0 saturated carbocycles. The maximum Gasteiger partial charge on any atom is 0.502 e. The lowest BCUT2D eigenvalue weighted by atomic mass is 10.1. The highest BCUT2D eigenvalue weighted by atomic mass is 32.2. The van der Waals surface area contributed by atoms with Crippen LogP contribution in [0.5, 0.6) is 0 Å². The van der Waals surface area contributed by atoms with Gasteiger partial charge in [-0.2, -0.15) is 0 Å². The highest BCUT2D eigenvalue weighted by Gasteiger charge is 2.62. The van der Waals surface area contributed by atoms with Crippen LogP contribution in [0.2, 0.25) is 6.04 Å². The van der Waals surface area contributed by atoms with Crippen molar-refractivity contribution in [1.29, 1.82) is 0 Å². The molecule has 1 aliphatic rings. The number of thioether (sulfide) groups is 1. The number of hydrogen-bond acceptors (Lipinski definition) is 5. The van der Waals surface area contributed by atoms with Crippen LogP contribution >= 0.6 is 11.8 Å². The summed E-state index contributed by atoms with van der Waals surface area (Å²) in [6.07, 6.45) is 0. The highest BCUT2D eigenvalue weighted by Crippen LogP contribution is 2.57. The highest BCUT2D eigenvalue weighted by molar-refractivity contribution is 8.09. The molecule has 1 N–H and O–H groups in total. The minimum Gasteiger partial charge on any atom is -0.480 e. The molecule has 1 heterocycles. The van der Waals surface area contributed by atoms with Gasteiger partial charge >= 0.3 is 14.8 Å². The number of hydrogen-bond donors (Lipinski definition) is 1. The predicted molar refractivity (Wildman–Crippen MR) is 72.9 cm³/mol. The Bertz CT molecular complexity index is 284. The average Bonchev–Trinajstić information content (AvgIpc) is 2.91. The summed E-state index contributed by atoms with van der Waals surface area (Å²) in [5.74, 6) is -0.773. The first-order valence-electron chi connectivity index (χ1n) is 6.27. The number of carboxylic acids is 1. The summed E-state index contributed by atoms with van der Waals surface area (Å²) < 4.78 is 16.5. The van der Waals surface area contributed by atoms with Crippen LogP contribution in [0.1, 0.15) is 27.7 Å². The lowest BCUT2D eigenvalue weighted by Crippen LogP contribution is -2.48. The second kappa shape index (κ2) is 6.38. The molecule has 1 fully saturated rings. The van der Waals surface area contributed by atoms with E-state index >= 15 is 0 Å². The summed E-state index contributed by atoms with van der Waals surface area (Å²) in [6, 6.07) is 0.565. The molecule has 1 aliphatic heterocycles. The summed E-state index contributed by atoms with van der Waals surface area (Å²) in [6.45, 7) is 9.00. The molecular formula is C11H22O5SSi. The van der Waals surface area contributed by atoms with E-state index in [4.69, 9.17) is 18.4 Å². The first-order chi connectivity index (χ1) is 8.44. The lowest BCUT2D eigenvalue weighted by molar-refractivity contribution is -0.138. The van der Waals surface area contributed by atoms with Gasteiger partial charge in [-0.25, -0.2) is 0 Å². The van der Waals surface area contributed by atoms with E-state index in [1.165, 1.54) is 11.8 Å². The van der Waals surface area contributed by atoms with Crippen LogP contribution in [0.25, 0.3) is 0 Å². The maximum atomic E-state index is 11.1. The zero-order valence-electron chi connectivity index (χ0n) is 11.4. The van der Waals surface area contributed by atoms with Gasteiger partial charge in [-0.05, 0) is 27.7 Å². The molecule has 0 spiro atoms. The third-order valence-electron chi connectivity index (χ3n) is 2.90. The van der Waals surface area contributed by atoms with E-state index in [0.29, 0.717) is 25.9 Å². The molecule has 0 amide bonds. The first-order valence-corrected chi connectivity index (χ1v) is 9.08. The van der Waals surface area contributed by atoms with Gasteiger partial charge < -0.3 is 18.4 Å². The Morgan fingerprint density at radius 2 is 1.67 bits per heavy atom. The van der Waals surface area contributed by atoms with E-state index in [-0.39, 0.29) is 5.25 Å². The number of aliphatic carboxylic acids is 1. The van der Waals surface area contributed by atoms with Crippen molar-refractivity contribution in [1.82, 2.24) is 0 Å². The molecule has 0 aromatic rings. The van der Waals surface area contributed by atoms with Crippen molar-refractivity contribution >= 4 is 26.5 Å². The largest absolute Gasteiger partial charge is 0.502 e. The molecule has 2 unspecified atom stereocenters. The van der Waals surface area contributed by atoms with E-state index < -0.39 is 19.5 Å². The van der Waals surface area contributed by atoms with Crippen molar-refractivity contribution in [2.45, 2.75) is 43.7 Å². The molecule has 0 bridgehead atoms. The Morgan fingerprint density at radius 1 is 1.22 bits per heavy atom. The third-order valence-corrected chi connectivity index (χ3v) is 7.90. The lowest BCUT2D eigenvalue weighted by Gasteiger charge is -2.28. The maximum absolute atomic E-state index is 11.1. The van der Waals surface area contributed by atoms with Crippen molar-refractivity contribution in [3.63, 3.8) is 0 Å². The van der Waals surface area contributed by atoms with Gasteiger partial charge in [0.15, 0.2) is 0 Å². The summed E-state index contributed by atoms with van der Waals surface area (Å²) in [5, 5.41) is 9.16. The van der Waals surface area contributed by atoms with Crippen LogP contribution in [0.3, 0.4) is 0 Å². The normalized spacial score (nSPS) is 27.2. The van der Waals surface area contributed by atoms with E-state index in [0.717, 1.165) is 0 Å². The van der Waals surface area contributed by atoms with Gasteiger partial charge in [0.05, 0.1) is 0 Å². The standard InChI is InChI=1S/C11H22O5SSi/c1-5-14-18(15-6-2,16-7-3)8-9-11(4,17-9)10(12)13/h9H,5-8H2,1-4H3,(H,12,13).